The first-order valence-corrected chi connectivity index (χ1v) is 7.92. The molecule has 3 heterocycles. The Morgan fingerprint density at radius 1 is 1.52 bits per heavy atom. The largest absolute Gasteiger partial charge is 0.481 e. The van der Waals surface area contributed by atoms with Crippen LogP contribution in [0.15, 0.2) is 17.3 Å². The third-order valence-corrected chi connectivity index (χ3v) is 4.39. The SMILES string of the molecule is Cc1ccc2nc(SCC(=O)O)n(CC3CCCO3)c2n1. The molecule has 1 aliphatic heterocycles. The highest BCUT2D eigenvalue weighted by Gasteiger charge is 2.21. The van der Waals surface area contributed by atoms with Crippen molar-refractivity contribution in [1.82, 2.24) is 14.5 Å². The zero-order valence-corrected chi connectivity index (χ0v) is 12.6. The van der Waals surface area contributed by atoms with Crippen LogP contribution in [0.3, 0.4) is 0 Å². The number of carboxylic acids is 1. The molecule has 1 unspecified atom stereocenters. The summed E-state index contributed by atoms with van der Waals surface area (Å²) in [4.78, 5) is 19.9. The van der Waals surface area contributed by atoms with Gasteiger partial charge >= 0.3 is 5.97 Å². The van der Waals surface area contributed by atoms with Gasteiger partial charge in [-0.2, -0.15) is 0 Å². The van der Waals surface area contributed by atoms with Gasteiger partial charge in [0, 0.05) is 12.3 Å². The molecule has 0 aliphatic carbocycles. The molecule has 0 radical (unpaired) electrons. The molecule has 7 heteroatoms. The number of ether oxygens (including phenoxy) is 1. The molecule has 1 N–H and O–H groups in total. The minimum absolute atomic E-state index is 0.00612. The maximum absolute atomic E-state index is 10.8. The Labute approximate surface area is 126 Å². The summed E-state index contributed by atoms with van der Waals surface area (Å²) in [6, 6.07) is 3.84. The Kier molecular flexibility index (Phi) is 4.12. The van der Waals surface area contributed by atoms with Crippen molar-refractivity contribution in [2.24, 2.45) is 0 Å². The summed E-state index contributed by atoms with van der Waals surface area (Å²) in [6.45, 7) is 3.41. The van der Waals surface area contributed by atoms with E-state index in [1.165, 1.54) is 11.8 Å². The van der Waals surface area contributed by atoms with Crippen LogP contribution >= 0.6 is 11.8 Å². The van der Waals surface area contributed by atoms with Crippen LogP contribution < -0.4 is 0 Å². The third-order valence-electron chi connectivity index (χ3n) is 3.43. The van der Waals surface area contributed by atoms with Crippen molar-refractivity contribution in [3.8, 4) is 0 Å². The van der Waals surface area contributed by atoms with E-state index >= 15 is 0 Å². The first-order chi connectivity index (χ1) is 10.1. The van der Waals surface area contributed by atoms with E-state index in [4.69, 9.17) is 9.84 Å². The monoisotopic (exact) mass is 307 g/mol. The molecule has 0 saturated carbocycles. The second-order valence-corrected chi connectivity index (χ2v) is 6.06. The molecular weight excluding hydrogens is 290 g/mol. The highest BCUT2D eigenvalue weighted by molar-refractivity contribution is 7.99. The van der Waals surface area contributed by atoms with Crippen LogP contribution in [0.1, 0.15) is 18.5 Å². The summed E-state index contributed by atoms with van der Waals surface area (Å²) in [5.74, 6) is -0.853. The van der Waals surface area contributed by atoms with Gasteiger partial charge in [0.2, 0.25) is 0 Å². The molecule has 2 aromatic heterocycles. The molecular formula is C14H17N3O3S. The van der Waals surface area contributed by atoms with E-state index in [1.54, 1.807) is 0 Å². The average Bonchev–Trinajstić information content (AvgIpc) is 3.06. The number of aromatic nitrogens is 3. The van der Waals surface area contributed by atoms with E-state index in [1.807, 2.05) is 23.6 Å². The van der Waals surface area contributed by atoms with Gasteiger partial charge in [-0.1, -0.05) is 11.8 Å². The van der Waals surface area contributed by atoms with Crippen molar-refractivity contribution in [2.75, 3.05) is 12.4 Å². The van der Waals surface area contributed by atoms with Gasteiger partial charge in [0.1, 0.15) is 5.52 Å². The molecule has 6 nitrogen and oxygen atoms in total. The number of carbonyl (C=O) groups is 1. The lowest BCUT2D eigenvalue weighted by Crippen LogP contribution is -2.16. The van der Waals surface area contributed by atoms with Crippen LogP contribution in [-0.2, 0) is 16.1 Å². The Balaban J connectivity index is 1.96. The normalized spacial score (nSPS) is 18.4. The Bertz CT molecular complexity index is 665. The van der Waals surface area contributed by atoms with Gasteiger partial charge in [-0.25, -0.2) is 9.97 Å². The van der Waals surface area contributed by atoms with Crippen LogP contribution in [0.2, 0.25) is 0 Å². The summed E-state index contributed by atoms with van der Waals surface area (Å²) in [6.07, 6.45) is 2.25. The maximum Gasteiger partial charge on any atom is 0.313 e. The Morgan fingerprint density at radius 2 is 2.38 bits per heavy atom. The number of pyridine rings is 1. The van der Waals surface area contributed by atoms with Gasteiger partial charge in [0.05, 0.1) is 18.4 Å². The maximum atomic E-state index is 10.8. The standard InChI is InChI=1S/C14H17N3O3S/c1-9-4-5-11-13(15-9)17(7-10-3-2-6-20-10)14(16-11)21-8-12(18)19/h4-5,10H,2-3,6-8H2,1H3,(H,18,19). The first-order valence-electron chi connectivity index (χ1n) is 6.93. The van der Waals surface area contributed by atoms with Gasteiger partial charge < -0.3 is 14.4 Å². The van der Waals surface area contributed by atoms with E-state index in [9.17, 15) is 4.79 Å². The molecule has 1 atom stereocenters. The van der Waals surface area contributed by atoms with Crippen LogP contribution in [0.5, 0.6) is 0 Å². The smallest absolute Gasteiger partial charge is 0.313 e. The molecule has 0 amide bonds. The molecule has 1 saturated heterocycles. The number of hydrogen-bond acceptors (Lipinski definition) is 5. The molecule has 3 rings (SSSR count). The number of fused-ring (bicyclic) bond motifs is 1. The van der Waals surface area contributed by atoms with E-state index < -0.39 is 5.97 Å². The topological polar surface area (TPSA) is 77.2 Å². The molecule has 1 fully saturated rings. The summed E-state index contributed by atoms with van der Waals surface area (Å²) in [5.41, 5.74) is 2.52. The lowest BCUT2D eigenvalue weighted by atomic mass is 10.2. The van der Waals surface area contributed by atoms with Gasteiger partial charge in [-0.15, -0.1) is 0 Å². The third kappa shape index (κ3) is 3.19. The van der Waals surface area contributed by atoms with Gasteiger partial charge in [0.15, 0.2) is 10.8 Å². The quantitative estimate of drug-likeness (QED) is 0.852. The summed E-state index contributed by atoms with van der Waals surface area (Å²) in [7, 11) is 0. The highest BCUT2D eigenvalue weighted by Crippen LogP contribution is 2.25. The highest BCUT2D eigenvalue weighted by atomic mass is 32.2. The summed E-state index contributed by atoms with van der Waals surface area (Å²) in [5, 5.41) is 9.57. The number of nitrogens with zero attached hydrogens (tertiary/aromatic N) is 3. The van der Waals surface area contributed by atoms with E-state index in [2.05, 4.69) is 9.97 Å². The van der Waals surface area contributed by atoms with Gasteiger partial charge in [-0.05, 0) is 31.9 Å². The number of rotatable bonds is 5. The fourth-order valence-electron chi connectivity index (χ4n) is 2.47. The molecule has 0 aromatic carbocycles. The molecule has 112 valence electrons. The average molecular weight is 307 g/mol. The number of thioether (sulfide) groups is 1. The minimum atomic E-state index is -0.847. The Morgan fingerprint density at radius 3 is 3.10 bits per heavy atom. The summed E-state index contributed by atoms with van der Waals surface area (Å²) >= 11 is 1.23. The summed E-state index contributed by atoms with van der Waals surface area (Å²) < 4.78 is 7.68. The van der Waals surface area contributed by atoms with Gasteiger partial charge in [0.25, 0.3) is 0 Å². The van der Waals surface area contributed by atoms with Crippen molar-refractivity contribution in [1.29, 1.82) is 0 Å². The predicted octanol–water partition coefficient (Wildman–Crippen LogP) is 2.10. The number of carboxylic acid groups (broad SMARTS) is 1. The van der Waals surface area contributed by atoms with Crippen molar-refractivity contribution >= 4 is 28.9 Å². The number of hydrogen-bond donors (Lipinski definition) is 1. The van der Waals surface area contributed by atoms with Crippen LogP contribution in [-0.4, -0.2) is 44.1 Å². The van der Waals surface area contributed by atoms with Crippen LogP contribution in [0.25, 0.3) is 11.2 Å². The number of aryl methyl sites for hydroxylation is 1. The van der Waals surface area contributed by atoms with Crippen molar-refractivity contribution in [3.63, 3.8) is 0 Å². The number of imidazole rings is 1. The Hall–Kier alpha value is -1.60. The molecule has 2 aromatic rings. The second-order valence-electron chi connectivity index (χ2n) is 5.12. The molecule has 0 bridgehead atoms. The van der Waals surface area contributed by atoms with E-state index in [0.717, 1.165) is 36.3 Å². The van der Waals surface area contributed by atoms with Gasteiger partial charge in [-0.3, -0.25) is 4.79 Å². The molecule has 1 aliphatic rings. The number of aliphatic carboxylic acids is 1. The lowest BCUT2D eigenvalue weighted by molar-refractivity contribution is -0.133. The lowest BCUT2D eigenvalue weighted by Gasteiger charge is -2.13. The molecule has 21 heavy (non-hydrogen) atoms. The zero-order chi connectivity index (χ0) is 14.8. The van der Waals surface area contributed by atoms with Crippen LogP contribution in [0.4, 0.5) is 0 Å². The van der Waals surface area contributed by atoms with E-state index in [-0.39, 0.29) is 11.9 Å². The second kappa shape index (κ2) is 6.03. The van der Waals surface area contributed by atoms with Crippen molar-refractivity contribution in [3.05, 3.63) is 17.8 Å². The zero-order valence-electron chi connectivity index (χ0n) is 11.8. The van der Waals surface area contributed by atoms with Crippen LogP contribution in [0, 0.1) is 6.92 Å². The van der Waals surface area contributed by atoms with Crippen molar-refractivity contribution in [2.45, 2.75) is 37.6 Å². The predicted molar refractivity (Wildman–Crippen MR) is 79.6 cm³/mol. The fourth-order valence-corrected chi connectivity index (χ4v) is 3.20. The van der Waals surface area contributed by atoms with E-state index in [0.29, 0.717) is 11.7 Å². The molecule has 0 spiro atoms. The fraction of sp³-hybridized carbons (Fsp3) is 0.500. The van der Waals surface area contributed by atoms with Crippen molar-refractivity contribution < 1.29 is 14.6 Å². The minimum Gasteiger partial charge on any atom is -0.481 e. The first kappa shape index (κ1) is 14.3.